The highest BCUT2D eigenvalue weighted by Crippen LogP contribution is 2.23. The molecule has 0 aliphatic heterocycles. The maximum atomic E-state index is 13.3. The molecule has 2 heterocycles. The van der Waals surface area contributed by atoms with Crippen LogP contribution in [0.15, 0.2) is 52.4 Å². The second-order valence-corrected chi connectivity index (χ2v) is 9.35. The molecule has 0 unspecified atom stereocenters. The summed E-state index contributed by atoms with van der Waals surface area (Å²) < 4.78 is 16.3. The van der Waals surface area contributed by atoms with Crippen molar-refractivity contribution in [2.75, 3.05) is 11.1 Å². The maximum absolute atomic E-state index is 13.3. The Bertz CT molecular complexity index is 1460. The average molecular weight is 497 g/mol. The van der Waals surface area contributed by atoms with E-state index in [-0.39, 0.29) is 48.0 Å². The normalized spacial score (nSPS) is 11.3. The Labute approximate surface area is 204 Å². The van der Waals surface area contributed by atoms with E-state index in [1.807, 2.05) is 32.9 Å². The van der Waals surface area contributed by atoms with Gasteiger partial charge in [-0.25, -0.2) is 4.39 Å². The summed E-state index contributed by atoms with van der Waals surface area (Å²) in [7, 11) is 0. The Morgan fingerprint density at radius 2 is 1.83 bits per heavy atom. The van der Waals surface area contributed by atoms with Gasteiger partial charge in [-0.3, -0.25) is 23.4 Å². The van der Waals surface area contributed by atoms with Crippen molar-refractivity contribution in [3.63, 3.8) is 0 Å². The second kappa shape index (κ2) is 10.3. The first-order valence-corrected chi connectivity index (χ1v) is 12.1. The lowest BCUT2D eigenvalue weighted by atomic mass is 10.1. The van der Waals surface area contributed by atoms with Gasteiger partial charge in [0, 0.05) is 24.7 Å². The zero-order valence-electron chi connectivity index (χ0n) is 19.5. The van der Waals surface area contributed by atoms with Crippen molar-refractivity contribution in [2.24, 2.45) is 0 Å². The molecule has 0 saturated heterocycles. The van der Waals surface area contributed by atoms with Crippen molar-refractivity contribution in [2.45, 2.75) is 44.9 Å². The fourth-order valence-corrected chi connectivity index (χ4v) is 4.40. The molecule has 0 saturated carbocycles. The quantitative estimate of drug-likeness (QED) is 0.363. The van der Waals surface area contributed by atoms with Crippen LogP contribution < -0.4 is 16.2 Å². The van der Waals surface area contributed by atoms with Gasteiger partial charge < -0.3 is 10.6 Å². The fraction of sp³-hybridized carbons (Fsp3) is 0.292. The molecule has 0 atom stereocenters. The number of carbonyl (C=O) groups excluding carboxylic acids is 2. The standard InChI is InChI=1S/C24H25FN6O3S/c1-14(2)26-20(32)10-11-30-22(34)18-12-15(3)4-9-19(18)31-23(30)28-29-24(31)35-13-21(33)27-17-7-5-16(25)6-8-17/h4-9,12,14H,10-11,13H2,1-3H3,(H,26,32)(H,27,33). The van der Waals surface area contributed by atoms with Crippen LogP contribution in [0.1, 0.15) is 25.8 Å². The van der Waals surface area contributed by atoms with Gasteiger partial charge in [0.05, 0.1) is 16.7 Å². The van der Waals surface area contributed by atoms with E-state index in [9.17, 15) is 18.8 Å². The minimum Gasteiger partial charge on any atom is -0.354 e. The molecule has 9 nitrogen and oxygen atoms in total. The molecule has 4 rings (SSSR count). The Kier molecular flexibility index (Phi) is 7.15. The lowest BCUT2D eigenvalue weighted by molar-refractivity contribution is -0.121. The molecule has 4 aromatic rings. The van der Waals surface area contributed by atoms with Crippen LogP contribution in [-0.2, 0) is 16.1 Å². The van der Waals surface area contributed by atoms with E-state index in [0.29, 0.717) is 27.5 Å². The first-order chi connectivity index (χ1) is 16.7. The summed E-state index contributed by atoms with van der Waals surface area (Å²) in [5.41, 5.74) is 1.76. The van der Waals surface area contributed by atoms with Gasteiger partial charge >= 0.3 is 0 Å². The highest BCUT2D eigenvalue weighted by molar-refractivity contribution is 7.99. The number of hydrogen-bond acceptors (Lipinski definition) is 6. The maximum Gasteiger partial charge on any atom is 0.262 e. The molecule has 0 fully saturated rings. The monoisotopic (exact) mass is 496 g/mol. The Hall–Kier alpha value is -3.73. The number of halogens is 1. The van der Waals surface area contributed by atoms with Crippen LogP contribution in [0.5, 0.6) is 0 Å². The van der Waals surface area contributed by atoms with Gasteiger partial charge in [-0.1, -0.05) is 23.4 Å². The van der Waals surface area contributed by atoms with E-state index < -0.39 is 0 Å². The summed E-state index contributed by atoms with van der Waals surface area (Å²) in [6, 6.07) is 11.0. The van der Waals surface area contributed by atoms with E-state index in [1.165, 1.54) is 28.8 Å². The van der Waals surface area contributed by atoms with Crippen molar-refractivity contribution < 1.29 is 14.0 Å². The van der Waals surface area contributed by atoms with Crippen molar-refractivity contribution in [1.82, 2.24) is 24.5 Å². The fourth-order valence-electron chi connectivity index (χ4n) is 3.66. The number of rotatable bonds is 8. The van der Waals surface area contributed by atoms with Crippen LogP contribution in [0.4, 0.5) is 10.1 Å². The predicted octanol–water partition coefficient (Wildman–Crippen LogP) is 3.14. The largest absolute Gasteiger partial charge is 0.354 e. The molecule has 0 aliphatic carbocycles. The van der Waals surface area contributed by atoms with Gasteiger partial charge in [-0.15, -0.1) is 10.2 Å². The number of aromatic nitrogens is 4. The molecule has 0 radical (unpaired) electrons. The summed E-state index contributed by atoms with van der Waals surface area (Å²) >= 11 is 1.16. The molecule has 0 spiro atoms. The van der Waals surface area contributed by atoms with Crippen molar-refractivity contribution in [3.05, 3.63) is 64.2 Å². The number of aryl methyl sites for hydroxylation is 2. The summed E-state index contributed by atoms with van der Waals surface area (Å²) in [5, 5.41) is 14.9. The first kappa shape index (κ1) is 24.4. The summed E-state index contributed by atoms with van der Waals surface area (Å²) in [6.45, 7) is 5.77. The SMILES string of the molecule is Cc1ccc2c(c1)c(=O)n(CCC(=O)NC(C)C)c1nnc(SCC(=O)Nc3ccc(F)cc3)n21. The van der Waals surface area contributed by atoms with Crippen molar-refractivity contribution >= 4 is 45.9 Å². The lowest BCUT2D eigenvalue weighted by Gasteiger charge is -2.13. The average Bonchev–Trinajstić information content (AvgIpc) is 3.22. The van der Waals surface area contributed by atoms with Crippen molar-refractivity contribution in [3.8, 4) is 0 Å². The van der Waals surface area contributed by atoms with Gasteiger partial charge in [-0.2, -0.15) is 0 Å². The van der Waals surface area contributed by atoms with Crippen LogP contribution in [0.25, 0.3) is 16.7 Å². The minimum atomic E-state index is -0.387. The molecule has 2 amide bonds. The summed E-state index contributed by atoms with van der Waals surface area (Å²) in [4.78, 5) is 37.9. The Morgan fingerprint density at radius 1 is 1.09 bits per heavy atom. The van der Waals surface area contributed by atoms with Crippen LogP contribution in [-0.4, -0.2) is 42.8 Å². The van der Waals surface area contributed by atoms with E-state index in [0.717, 1.165) is 17.3 Å². The smallest absolute Gasteiger partial charge is 0.262 e. The highest BCUT2D eigenvalue weighted by Gasteiger charge is 2.19. The van der Waals surface area contributed by atoms with Crippen LogP contribution in [0.2, 0.25) is 0 Å². The molecule has 35 heavy (non-hydrogen) atoms. The third-order valence-electron chi connectivity index (χ3n) is 5.20. The first-order valence-electron chi connectivity index (χ1n) is 11.1. The van der Waals surface area contributed by atoms with Crippen LogP contribution in [0.3, 0.4) is 0 Å². The molecule has 2 aromatic carbocycles. The molecule has 11 heteroatoms. The van der Waals surface area contributed by atoms with Gasteiger partial charge in [0.15, 0.2) is 5.16 Å². The topological polar surface area (TPSA) is 110 Å². The molecular formula is C24H25FN6O3S. The molecular weight excluding hydrogens is 471 g/mol. The third-order valence-corrected chi connectivity index (χ3v) is 6.13. The lowest BCUT2D eigenvalue weighted by Crippen LogP contribution is -2.32. The molecule has 2 aromatic heterocycles. The van der Waals surface area contributed by atoms with Gasteiger partial charge in [-0.05, 0) is 57.2 Å². The predicted molar refractivity (Wildman–Crippen MR) is 133 cm³/mol. The number of carbonyl (C=O) groups is 2. The number of fused-ring (bicyclic) bond motifs is 3. The molecule has 2 N–H and O–H groups in total. The second-order valence-electron chi connectivity index (χ2n) is 8.41. The van der Waals surface area contributed by atoms with E-state index in [2.05, 4.69) is 20.8 Å². The number of hydrogen-bond donors (Lipinski definition) is 2. The van der Waals surface area contributed by atoms with Crippen LogP contribution >= 0.6 is 11.8 Å². The van der Waals surface area contributed by atoms with Gasteiger partial charge in [0.1, 0.15) is 5.82 Å². The molecule has 0 bridgehead atoms. The van der Waals surface area contributed by atoms with E-state index in [1.54, 1.807) is 10.5 Å². The molecule has 182 valence electrons. The highest BCUT2D eigenvalue weighted by atomic mass is 32.2. The third kappa shape index (κ3) is 5.51. The number of nitrogens with one attached hydrogen (secondary N) is 2. The zero-order valence-corrected chi connectivity index (χ0v) is 20.4. The number of amides is 2. The number of thioether (sulfide) groups is 1. The van der Waals surface area contributed by atoms with Crippen LogP contribution in [0, 0.1) is 12.7 Å². The summed E-state index contributed by atoms with van der Waals surface area (Å²) in [6.07, 6.45) is 0.112. The number of benzene rings is 2. The zero-order chi connectivity index (χ0) is 25.1. The van der Waals surface area contributed by atoms with E-state index in [4.69, 9.17) is 0 Å². The Morgan fingerprint density at radius 3 is 2.54 bits per heavy atom. The minimum absolute atomic E-state index is 0.00403. The van der Waals surface area contributed by atoms with Gasteiger partial charge in [0.25, 0.3) is 5.56 Å². The molecule has 0 aliphatic rings. The van der Waals surface area contributed by atoms with Crippen molar-refractivity contribution in [1.29, 1.82) is 0 Å². The number of nitrogens with zero attached hydrogens (tertiary/aromatic N) is 4. The summed E-state index contributed by atoms with van der Waals surface area (Å²) in [5.74, 6) is -0.521. The number of anilines is 1. The van der Waals surface area contributed by atoms with Gasteiger partial charge in [0.2, 0.25) is 17.6 Å². The van der Waals surface area contributed by atoms with E-state index >= 15 is 0 Å². The Balaban J connectivity index is 1.65.